The quantitative estimate of drug-likeness (QED) is 0.102. The minimum Gasteiger partial charge on any atom is -0.497 e. The standard InChI is InChI=1S/C44H40N4O12/c1-57-33-15-7-27(8-16-33)37(49)25-59-43(55)29-3-11-31(12-4-29)47-39(51)23-35(41(47)53)45-19-21-46(22-20-45)36-24-40(52)48(42(36)54)32-13-5-30(6-14-32)44(56)60-26-38(50)28-9-17-34(58-2)18-10-28/h3-18,35-36H,19-26H2,1-2H3. The third-order valence-electron chi connectivity index (χ3n) is 10.7. The van der Waals surface area contributed by atoms with Crippen LogP contribution < -0.4 is 19.3 Å². The summed E-state index contributed by atoms with van der Waals surface area (Å²) in [5.41, 5.74) is 1.57. The fraction of sp³-hybridized carbons (Fsp3) is 0.273. The summed E-state index contributed by atoms with van der Waals surface area (Å²) in [6.45, 7) is 0.531. The average Bonchev–Trinajstić information content (AvgIpc) is 3.76. The monoisotopic (exact) mass is 816 g/mol. The molecule has 2 unspecified atom stereocenters. The highest BCUT2D eigenvalue weighted by Gasteiger charge is 2.47. The Bertz CT molecular complexity index is 2160. The summed E-state index contributed by atoms with van der Waals surface area (Å²) in [7, 11) is 3.02. The molecule has 3 heterocycles. The summed E-state index contributed by atoms with van der Waals surface area (Å²) in [4.78, 5) is 110. The summed E-state index contributed by atoms with van der Waals surface area (Å²) in [5.74, 6) is -2.73. The molecule has 3 fully saturated rings. The highest BCUT2D eigenvalue weighted by molar-refractivity contribution is 6.23. The number of anilines is 2. The zero-order valence-corrected chi connectivity index (χ0v) is 32.7. The first kappa shape index (κ1) is 41.1. The Morgan fingerprint density at radius 3 is 1.12 bits per heavy atom. The number of amides is 4. The fourth-order valence-electron chi connectivity index (χ4n) is 7.35. The highest BCUT2D eigenvalue weighted by Crippen LogP contribution is 2.30. The van der Waals surface area contributed by atoms with Crippen LogP contribution in [0.3, 0.4) is 0 Å². The number of ketones is 2. The first-order valence-corrected chi connectivity index (χ1v) is 19.1. The predicted molar refractivity (Wildman–Crippen MR) is 213 cm³/mol. The summed E-state index contributed by atoms with van der Waals surface area (Å²) >= 11 is 0. The van der Waals surface area contributed by atoms with Gasteiger partial charge in [-0.05, 0) is 97.1 Å². The van der Waals surface area contributed by atoms with Gasteiger partial charge in [0, 0.05) is 37.3 Å². The number of piperazine rings is 1. The van der Waals surface area contributed by atoms with Gasteiger partial charge in [-0.1, -0.05) is 0 Å². The lowest BCUT2D eigenvalue weighted by Gasteiger charge is -2.38. The Kier molecular flexibility index (Phi) is 12.2. The molecule has 0 bridgehead atoms. The Labute approximate surface area is 344 Å². The second kappa shape index (κ2) is 17.8. The zero-order chi connectivity index (χ0) is 42.5. The number of carbonyl (C=O) groups excluding carboxylic acids is 8. The van der Waals surface area contributed by atoms with Crippen molar-refractivity contribution in [3.63, 3.8) is 0 Å². The van der Waals surface area contributed by atoms with Crippen LogP contribution in [-0.2, 0) is 28.7 Å². The van der Waals surface area contributed by atoms with Crippen molar-refractivity contribution in [1.82, 2.24) is 9.80 Å². The van der Waals surface area contributed by atoms with E-state index in [4.69, 9.17) is 18.9 Å². The average molecular weight is 817 g/mol. The van der Waals surface area contributed by atoms with Crippen molar-refractivity contribution in [2.45, 2.75) is 24.9 Å². The van der Waals surface area contributed by atoms with Crippen LogP contribution in [0.1, 0.15) is 54.3 Å². The van der Waals surface area contributed by atoms with Gasteiger partial charge in [-0.15, -0.1) is 0 Å². The second-order valence-corrected chi connectivity index (χ2v) is 14.2. The second-order valence-electron chi connectivity index (χ2n) is 14.2. The number of carbonyl (C=O) groups is 8. The van der Waals surface area contributed by atoms with E-state index in [-0.39, 0.29) is 35.3 Å². The van der Waals surface area contributed by atoms with E-state index in [1.165, 1.54) is 62.8 Å². The van der Waals surface area contributed by atoms with Gasteiger partial charge in [-0.2, -0.15) is 0 Å². The molecule has 60 heavy (non-hydrogen) atoms. The molecular formula is C44H40N4O12. The number of imide groups is 2. The van der Waals surface area contributed by atoms with Crippen molar-refractivity contribution < 1.29 is 57.3 Å². The van der Waals surface area contributed by atoms with E-state index in [2.05, 4.69) is 0 Å². The van der Waals surface area contributed by atoms with E-state index in [9.17, 15) is 38.4 Å². The van der Waals surface area contributed by atoms with Gasteiger partial charge in [-0.25, -0.2) is 19.4 Å². The third-order valence-corrected chi connectivity index (χ3v) is 10.7. The highest BCUT2D eigenvalue weighted by atomic mass is 16.5. The van der Waals surface area contributed by atoms with Crippen LogP contribution in [0.4, 0.5) is 11.4 Å². The molecule has 0 aliphatic carbocycles. The number of hydrogen-bond acceptors (Lipinski definition) is 14. The maximum absolute atomic E-state index is 13.6. The molecule has 3 saturated heterocycles. The van der Waals surface area contributed by atoms with Gasteiger partial charge in [0.25, 0.3) is 11.8 Å². The lowest BCUT2D eigenvalue weighted by atomic mass is 10.1. The van der Waals surface area contributed by atoms with Crippen LogP contribution in [0, 0.1) is 0 Å². The molecule has 7 rings (SSSR count). The van der Waals surface area contributed by atoms with Gasteiger partial charge in [0.05, 0.1) is 61.6 Å². The molecular weight excluding hydrogens is 776 g/mol. The molecule has 2 atom stereocenters. The van der Waals surface area contributed by atoms with Crippen molar-refractivity contribution >= 4 is 58.5 Å². The summed E-state index contributed by atoms with van der Waals surface area (Å²) in [5, 5.41) is 0. The molecule has 4 aromatic carbocycles. The molecule has 0 aromatic heterocycles. The maximum Gasteiger partial charge on any atom is 0.338 e. The maximum atomic E-state index is 13.6. The van der Waals surface area contributed by atoms with Crippen LogP contribution in [0.25, 0.3) is 0 Å². The molecule has 4 amide bonds. The Morgan fingerprint density at radius 2 is 0.800 bits per heavy atom. The van der Waals surface area contributed by atoms with E-state index in [1.54, 1.807) is 48.5 Å². The van der Waals surface area contributed by atoms with Crippen LogP contribution in [0.15, 0.2) is 97.1 Å². The SMILES string of the molecule is COc1ccc(C(=O)COC(=O)c2ccc(N3C(=O)CC(N4CCN(C5CC(=O)N(c6ccc(C(=O)OCC(=O)c7ccc(OC)cc7)cc6)C5=O)CC4)C3=O)cc2)cc1. The largest absolute Gasteiger partial charge is 0.497 e. The van der Waals surface area contributed by atoms with E-state index in [0.717, 1.165) is 9.80 Å². The van der Waals surface area contributed by atoms with Gasteiger partial charge < -0.3 is 18.9 Å². The smallest absolute Gasteiger partial charge is 0.338 e. The zero-order valence-electron chi connectivity index (χ0n) is 32.7. The molecule has 0 N–H and O–H groups in total. The third kappa shape index (κ3) is 8.69. The molecule has 0 spiro atoms. The van der Waals surface area contributed by atoms with Crippen molar-refractivity contribution in [1.29, 1.82) is 0 Å². The number of esters is 2. The van der Waals surface area contributed by atoms with Crippen molar-refractivity contribution in [2.24, 2.45) is 0 Å². The van der Waals surface area contributed by atoms with Crippen molar-refractivity contribution in [3.8, 4) is 11.5 Å². The number of benzene rings is 4. The van der Waals surface area contributed by atoms with Crippen LogP contribution in [-0.4, -0.2) is 123 Å². The molecule has 4 aromatic rings. The molecule has 16 heteroatoms. The Balaban J connectivity index is 0.884. The normalized spacial score (nSPS) is 18.4. The van der Waals surface area contributed by atoms with Crippen molar-refractivity contribution in [2.75, 3.05) is 63.4 Å². The van der Waals surface area contributed by atoms with Crippen LogP contribution >= 0.6 is 0 Å². The van der Waals surface area contributed by atoms with Crippen LogP contribution in [0.2, 0.25) is 0 Å². The predicted octanol–water partition coefficient (Wildman–Crippen LogP) is 3.36. The van der Waals surface area contributed by atoms with Gasteiger partial charge in [-0.3, -0.25) is 38.6 Å². The van der Waals surface area contributed by atoms with Gasteiger partial charge in [0.2, 0.25) is 11.8 Å². The van der Waals surface area contributed by atoms with E-state index in [0.29, 0.717) is 48.8 Å². The van der Waals surface area contributed by atoms with E-state index in [1.807, 2.05) is 9.80 Å². The summed E-state index contributed by atoms with van der Waals surface area (Å²) in [6, 6.07) is 22.9. The van der Waals surface area contributed by atoms with Crippen molar-refractivity contribution in [3.05, 3.63) is 119 Å². The molecule has 0 radical (unpaired) electrons. The lowest BCUT2D eigenvalue weighted by Crippen LogP contribution is -2.56. The summed E-state index contributed by atoms with van der Waals surface area (Å²) in [6.07, 6.45) is -0.0968. The number of nitrogens with zero attached hydrogens (tertiary/aromatic N) is 4. The lowest BCUT2D eigenvalue weighted by molar-refractivity contribution is -0.126. The first-order valence-electron chi connectivity index (χ1n) is 19.1. The van der Waals surface area contributed by atoms with Crippen LogP contribution in [0.5, 0.6) is 11.5 Å². The molecule has 16 nitrogen and oxygen atoms in total. The van der Waals surface area contributed by atoms with E-state index < -0.39 is 72.4 Å². The number of hydrogen-bond donors (Lipinski definition) is 0. The Hall–Kier alpha value is -7.04. The van der Waals surface area contributed by atoms with Gasteiger partial charge >= 0.3 is 11.9 Å². The number of rotatable bonds is 14. The number of Topliss-reactive ketones (excluding diaryl/α,β-unsaturated/α-hetero) is 2. The first-order chi connectivity index (χ1) is 28.9. The summed E-state index contributed by atoms with van der Waals surface area (Å²) < 4.78 is 20.5. The molecule has 3 aliphatic rings. The Morgan fingerprint density at radius 1 is 0.483 bits per heavy atom. The molecule has 0 saturated carbocycles. The molecule has 3 aliphatic heterocycles. The van der Waals surface area contributed by atoms with Gasteiger partial charge in [0.1, 0.15) is 11.5 Å². The minimum atomic E-state index is -0.740. The minimum absolute atomic E-state index is 0.0484. The number of ether oxygens (including phenoxy) is 4. The fourth-order valence-corrected chi connectivity index (χ4v) is 7.35. The van der Waals surface area contributed by atoms with Gasteiger partial charge in [0.15, 0.2) is 24.8 Å². The molecule has 308 valence electrons. The number of methoxy groups -OCH3 is 2. The van der Waals surface area contributed by atoms with E-state index >= 15 is 0 Å². The topological polar surface area (TPSA) is 186 Å².